The van der Waals surface area contributed by atoms with Crippen LogP contribution in [0.4, 0.5) is 4.79 Å². The van der Waals surface area contributed by atoms with E-state index in [4.69, 9.17) is 9.47 Å². The summed E-state index contributed by atoms with van der Waals surface area (Å²) in [7, 11) is 0. The lowest BCUT2D eigenvalue weighted by molar-refractivity contribution is -0.156. The van der Waals surface area contributed by atoms with E-state index in [-0.39, 0.29) is 25.4 Å². The van der Waals surface area contributed by atoms with E-state index in [1.54, 1.807) is 20.8 Å². The van der Waals surface area contributed by atoms with Crippen LogP contribution in [0.2, 0.25) is 0 Å². The maximum atomic E-state index is 13.4. The van der Waals surface area contributed by atoms with Crippen LogP contribution in [0.1, 0.15) is 52.2 Å². The first-order valence-corrected chi connectivity index (χ1v) is 11.9. The summed E-state index contributed by atoms with van der Waals surface area (Å²) in [6.45, 7) is 8.97. The van der Waals surface area contributed by atoms with E-state index in [0.29, 0.717) is 0 Å². The molecule has 0 heterocycles. The van der Waals surface area contributed by atoms with Crippen molar-refractivity contribution >= 4 is 17.8 Å². The molecule has 0 aliphatic rings. The van der Waals surface area contributed by atoms with Crippen LogP contribution in [0, 0.1) is 11.8 Å². The van der Waals surface area contributed by atoms with E-state index < -0.39 is 41.5 Å². The van der Waals surface area contributed by atoms with Crippen LogP contribution in [0.3, 0.4) is 0 Å². The number of nitrogens with one attached hydrogen (secondary N) is 1. The lowest BCUT2D eigenvalue weighted by Crippen LogP contribution is -2.52. The van der Waals surface area contributed by atoms with Crippen LogP contribution in [0.25, 0.3) is 0 Å². The van der Waals surface area contributed by atoms with Crippen LogP contribution < -0.4 is 5.32 Å². The van der Waals surface area contributed by atoms with E-state index in [0.717, 1.165) is 11.1 Å². The standard InChI is InChI=1S/C28H37NO6/c1-19(2)16-22(26(32)34-18-21-14-10-7-11-15-21)24(30)25(31)23(17-20-12-8-6-9-13-20)29-27(33)35-28(3,4)5/h6-15,19,22-23,25,31H,16-18H2,1-5H3,(H,29,33)/t22?,23-,25+/m1/s1. The molecule has 0 saturated carbocycles. The molecule has 0 fully saturated rings. The highest BCUT2D eigenvalue weighted by Gasteiger charge is 2.38. The van der Waals surface area contributed by atoms with Gasteiger partial charge < -0.3 is 19.9 Å². The highest BCUT2D eigenvalue weighted by molar-refractivity contribution is 6.01. The highest BCUT2D eigenvalue weighted by atomic mass is 16.6. The Balaban J connectivity index is 2.21. The van der Waals surface area contributed by atoms with Crippen molar-refractivity contribution < 1.29 is 29.0 Å². The Labute approximate surface area is 207 Å². The van der Waals surface area contributed by atoms with Crippen molar-refractivity contribution in [3.8, 4) is 0 Å². The molecule has 1 unspecified atom stereocenters. The van der Waals surface area contributed by atoms with Crippen LogP contribution >= 0.6 is 0 Å². The minimum Gasteiger partial charge on any atom is -0.460 e. The van der Waals surface area contributed by atoms with Gasteiger partial charge >= 0.3 is 12.1 Å². The van der Waals surface area contributed by atoms with E-state index >= 15 is 0 Å². The summed E-state index contributed by atoms with van der Waals surface area (Å²) in [6, 6.07) is 17.4. The van der Waals surface area contributed by atoms with Crippen molar-refractivity contribution in [3.63, 3.8) is 0 Å². The molecule has 2 aromatic rings. The molecule has 190 valence electrons. The number of carbonyl (C=O) groups is 3. The van der Waals surface area contributed by atoms with Gasteiger partial charge in [0.1, 0.15) is 24.2 Å². The first-order chi connectivity index (χ1) is 16.5. The number of rotatable bonds is 11. The van der Waals surface area contributed by atoms with E-state index in [1.165, 1.54) is 0 Å². The number of aliphatic hydroxyl groups excluding tert-OH is 1. The van der Waals surface area contributed by atoms with Crippen LogP contribution in [0.5, 0.6) is 0 Å². The van der Waals surface area contributed by atoms with Crippen LogP contribution in [-0.4, -0.2) is 40.7 Å². The number of hydrogen-bond acceptors (Lipinski definition) is 6. The molecule has 0 aliphatic heterocycles. The number of carbonyl (C=O) groups excluding carboxylic acids is 3. The van der Waals surface area contributed by atoms with Gasteiger partial charge in [-0.2, -0.15) is 0 Å². The first kappa shape index (κ1) is 28.1. The zero-order chi connectivity index (χ0) is 26.0. The van der Waals surface area contributed by atoms with Gasteiger partial charge in [-0.05, 0) is 50.7 Å². The summed E-state index contributed by atoms with van der Waals surface area (Å²) < 4.78 is 10.8. The molecule has 35 heavy (non-hydrogen) atoms. The van der Waals surface area contributed by atoms with Crippen molar-refractivity contribution in [2.75, 3.05) is 0 Å². The minimum atomic E-state index is -1.63. The second-order valence-electron chi connectivity index (χ2n) is 10.1. The Hall–Kier alpha value is -3.19. The summed E-state index contributed by atoms with van der Waals surface area (Å²) in [5.74, 6) is -2.53. The molecule has 2 N–H and O–H groups in total. The molecule has 0 aliphatic carbocycles. The molecule has 0 bridgehead atoms. The molecule has 0 radical (unpaired) electrons. The molecule has 0 spiro atoms. The van der Waals surface area contributed by atoms with Crippen molar-refractivity contribution in [2.24, 2.45) is 11.8 Å². The Kier molecular flexibility index (Phi) is 10.5. The number of aliphatic hydroxyl groups is 1. The van der Waals surface area contributed by atoms with Gasteiger partial charge in [-0.1, -0.05) is 74.5 Å². The molecule has 3 atom stereocenters. The average Bonchev–Trinajstić information content (AvgIpc) is 2.79. The number of ketones is 1. The maximum Gasteiger partial charge on any atom is 0.407 e. The Morgan fingerprint density at radius 1 is 0.914 bits per heavy atom. The SMILES string of the molecule is CC(C)CC(C(=O)OCc1ccccc1)C(=O)[C@@H](O)[C@@H](Cc1ccccc1)NC(=O)OC(C)(C)C. The third-order valence-corrected chi connectivity index (χ3v) is 5.23. The fraction of sp³-hybridized carbons (Fsp3) is 0.464. The third-order valence-electron chi connectivity index (χ3n) is 5.23. The number of benzene rings is 2. The normalized spacial score (nSPS) is 14.0. The van der Waals surface area contributed by atoms with Crippen LogP contribution in [0.15, 0.2) is 60.7 Å². The second kappa shape index (κ2) is 13.0. The number of Topliss-reactive ketones (excluding diaryl/α,β-unsaturated/α-hetero) is 1. The maximum absolute atomic E-state index is 13.4. The monoisotopic (exact) mass is 483 g/mol. The Morgan fingerprint density at radius 2 is 1.46 bits per heavy atom. The molecular formula is C28H37NO6. The van der Waals surface area contributed by atoms with Crippen molar-refractivity contribution in [1.29, 1.82) is 0 Å². The summed E-state index contributed by atoms with van der Waals surface area (Å²) in [6.07, 6.45) is -1.98. The van der Waals surface area contributed by atoms with Gasteiger partial charge in [0.25, 0.3) is 0 Å². The molecule has 7 heteroatoms. The number of amides is 1. The summed E-state index contributed by atoms with van der Waals surface area (Å²) >= 11 is 0. The summed E-state index contributed by atoms with van der Waals surface area (Å²) in [5, 5.41) is 13.7. The van der Waals surface area contributed by atoms with Gasteiger partial charge in [0, 0.05) is 0 Å². The van der Waals surface area contributed by atoms with Gasteiger partial charge in [0.2, 0.25) is 0 Å². The van der Waals surface area contributed by atoms with Crippen LogP contribution in [-0.2, 0) is 32.1 Å². The predicted molar refractivity (Wildman–Crippen MR) is 134 cm³/mol. The quantitative estimate of drug-likeness (QED) is 0.361. The van der Waals surface area contributed by atoms with Crippen molar-refractivity contribution in [2.45, 2.75) is 71.8 Å². The van der Waals surface area contributed by atoms with Gasteiger partial charge in [-0.25, -0.2) is 4.79 Å². The van der Waals surface area contributed by atoms with E-state index in [2.05, 4.69) is 5.32 Å². The third kappa shape index (κ3) is 9.91. The smallest absolute Gasteiger partial charge is 0.407 e. The largest absolute Gasteiger partial charge is 0.460 e. The second-order valence-corrected chi connectivity index (χ2v) is 10.1. The molecule has 1 amide bonds. The number of alkyl carbamates (subject to hydrolysis) is 1. The van der Waals surface area contributed by atoms with E-state index in [1.807, 2.05) is 74.5 Å². The molecular weight excluding hydrogens is 446 g/mol. The Morgan fingerprint density at radius 3 is 1.97 bits per heavy atom. The van der Waals surface area contributed by atoms with Gasteiger partial charge in [0.15, 0.2) is 5.78 Å². The lowest BCUT2D eigenvalue weighted by atomic mass is 9.87. The number of hydrogen-bond donors (Lipinski definition) is 2. The zero-order valence-electron chi connectivity index (χ0n) is 21.2. The minimum absolute atomic E-state index is 0.00631. The Bertz CT molecular complexity index is 952. The molecule has 2 aromatic carbocycles. The molecule has 0 aromatic heterocycles. The fourth-order valence-corrected chi connectivity index (χ4v) is 3.60. The van der Waals surface area contributed by atoms with Gasteiger partial charge in [-0.3, -0.25) is 9.59 Å². The molecule has 7 nitrogen and oxygen atoms in total. The summed E-state index contributed by atoms with van der Waals surface area (Å²) in [4.78, 5) is 38.8. The van der Waals surface area contributed by atoms with Crippen molar-refractivity contribution in [1.82, 2.24) is 5.32 Å². The topological polar surface area (TPSA) is 102 Å². The predicted octanol–water partition coefficient (Wildman–Crippen LogP) is 4.46. The van der Waals surface area contributed by atoms with Crippen molar-refractivity contribution in [3.05, 3.63) is 71.8 Å². The molecule has 2 rings (SSSR count). The number of ether oxygens (including phenoxy) is 2. The lowest BCUT2D eigenvalue weighted by Gasteiger charge is -2.28. The molecule has 0 saturated heterocycles. The number of esters is 1. The van der Waals surface area contributed by atoms with Gasteiger partial charge in [0.05, 0.1) is 6.04 Å². The average molecular weight is 484 g/mol. The highest BCUT2D eigenvalue weighted by Crippen LogP contribution is 2.20. The summed E-state index contributed by atoms with van der Waals surface area (Å²) in [5.41, 5.74) is 0.857. The van der Waals surface area contributed by atoms with E-state index in [9.17, 15) is 19.5 Å². The fourth-order valence-electron chi connectivity index (χ4n) is 3.60. The van der Waals surface area contributed by atoms with Gasteiger partial charge in [-0.15, -0.1) is 0 Å². The zero-order valence-corrected chi connectivity index (χ0v) is 21.2. The first-order valence-electron chi connectivity index (χ1n) is 11.9.